The van der Waals surface area contributed by atoms with Crippen molar-refractivity contribution in [2.24, 2.45) is 4.99 Å². The van der Waals surface area contributed by atoms with Crippen molar-refractivity contribution in [3.8, 4) is 0 Å². The number of rotatable bonds is 6. The average Bonchev–Trinajstić information content (AvgIpc) is 2.21. The average molecular weight is 214 g/mol. The highest BCUT2D eigenvalue weighted by molar-refractivity contribution is 5.79. The normalized spacial score (nSPS) is 14.1. The van der Waals surface area contributed by atoms with E-state index in [1.165, 1.54) is 0 Å². The Morgan fingerprint density at radius 3 is 2.53 bits per heavy atom. The molecule has 2 N–H and O–H groups in total. The van der Waals surface area contributed by atoms with Gasteiger partial charge in [-0.15, -0.1) is 0 Å². The molecule has 0 heterocycles. The van der Waals surface area contributed by atoms with Gasteiger partial charge in [0, 0.05) is 19.6 Å². The van der Waals surface area contributed by atoms with Crippen LogP contribution in [0, 0.1) is 0 Å². The largest absolute Gasteiger partial charge is 0.356 e. The zero-order chi connectivity index (χ0) is 11.7. The molecule has 0 rings (SSSR count). The van der Waals surface area contributed by atoms with E-state index in [0.717, 1.165) is 31.9 Å². The van der Waals surface area contributed by atoms with Crippen LogP contribution in [0.5, 0.6) is 0 Å². The van der Waals surface area contributed by atoms with Gasteiger partial charge in [-0.25, -0.2) is 0 Å². The molecule has 0 aliphatic heterocycles. The minimum Gasteiger partial charge on any atom is -0.356 e. The molecule has 90 valence electrons. The Bertz CT molecular complexity index is 177. The molecule has 0 spiro atoms. The maximum Gasteiger partial charge on any atom is 0.191 e. The minimum atomic E-state index is 0.477. The summed E-state index contributed by atoms with van der Waals surface area (Å²) in [5.41, 5.74) is 0. The number of hydrogen-bond donors (Lipinski definition) is 2. The summed E-state index contributed by atoms with van der Waals surface area (Å²) in [7, 11) is 5.99. The third kappa shape index (κ3) is 8.24. The van der Waals surface area contributed by atoms with Crippen LogP contribution in [0.3, 0.4) is 0 Å². The van der Waals surface area contributed by atoms with Gasteiger partial charge in [0.15, 0.2) is 5.96 Å². The van der Waals surface area contributed by atoms with E-state index in [1.807, 2.05) is 7.05 Å². The molecule has 1 atom stereocenters. The first kappa shape index (κ1) is 14.2. The predicted molar refractivity (Wildman–Crippen MR) is 67.4 cm³/mol. The summed E-state index contributed by atoms with van der Waals surface area (Å²) < 4.78 is 0. The molecule has 0 aliphatic rings. The highest BCUT2D eigenvalue weighted by Gasteiger charge is 2.01. The Kier molecular flexibility index (Phi) is 8.09. The third-order valence-corrected chi connectivity index (χ3v) is 2.29. The molecule has 0 amide bonds. The fourth-order valence-electron chi connectivity index (χ4n) is 1.13. The van der Waals surface area contributed by atoms with E-state index in [4.69, 9.17) is 0 Å². The summed E-state index contributed by atoms with van der Waals surface area (Å²) in [6.45, 7) is 6.39. The number of guanidine groups is 1. The summed E-state index contributed by atoms with van der Waals surface area (Å²) in [5, 5.41) is 6.63. The Balaban J connectivity index is 3.63. The summed E-state index contributed by atoms with van der Waals surface area (Å²) in [4.78, 5) is 6.36. The summed E-state index contributed by atoms with van der Waals surface area (Å²) in [6.07, 6.45) is 2.24. The predicted octanol–water partition coefficient (Wildman–Crippen LogP) is 0.902. The molecular formula is C11H26N4. The lowest BCUT2D eigenvalue weighted by Crippen LogP contribution is -2.42. The lowest BCUT2D eigenvalue weighted by molar-refractivity contribution is 0.399. The van der Waals surface area contributed by atoms with E-state index in [2.05, 4.69) is 48.5 Å². The molecule has 15 heavy (non-hydrogen) atoms. The number of nitrogens with one attached hydrogen (secondary N) is 2. The smallest absolute Gasteiger partial charge is 0.191 e. The van der Waals surface area contributed by atoms with E-state index in [9.17, 15) is 0 Å². The van der Waals surface area contributed by atoms with Gasteiger partial charge in [0.05, 0.1) is 0 Å². The summed E-state index contributed by atoms with van der Waals surface area (Å²) in [5.74, 6) is 0.906. The minimum absolute atomic E-state index is 0.477. The third-order valence-electron chi connectivity index (χ3n) is 2.29. The van der Waals surface area contributed by atoms with Crippen molar-refractivity contribution >= 4 is 5.96 Å². The van der Waals surface area contributed by atoms with Crippen molar-refractivity contribution in [2.75, 3.05) is 34.2 Å². The van der Waals surface area contributed by atoms with Gasteiger partial charge >= 0.3 is 0 Å². The van der Waals surface area contributed by atoms with Crippen LogP contribution in [-0.4, -0.2) is 51.1 Å². The zero-order valence-electron chi connectivity index (χ0n) is 10.8. The van der Waals surface area contributed by atoms with E-state index in [-0.39, 0.29) is 0 Å². The van der Waals surface area contributed by atoms with Gasteiger partial charge in [-0.05, 0) is 40.4 Å². The molecule has 4 heteroatoms. The van der Waals surface area contributed by atoms with Crippen LogP contribution >= 0.6 is 0 Å². The highest BCUT2D eigenvalue weighted by Crippen LogP contribution is 1.87. The van der Waals surface area contributed by atoms with E-state index in [0.29, 0.717) is 6.04 Å². The number of hydrogen-bond acceptors (Lipinski definition) is 2. The first-order valence-corrected chi connectivity index (χ1v) is 5.72. The molecule has 0 aromatic rings. The van der Waals surface area contributed by atoms with Crippen LogP contribution in [0.1, 0.15) is 26.7 Å². The van der Waals surface area contributed by atoms with Crippen molar-refractivity contribution in [3.63, 3.8) is 0 Å². The van der Waals surface area contributed by atoms with Gasteiger partial charge in [0.2, 0.25) is 0 Å². The molecule has 4 nitrogen and oxygen atoms in total. The monoisotopic (exact) mass is 214 g/mol. The van der Waals surface area contributed by atoms with E-state index in [1.54, 1.807) is 0 Å². The quantitative estimate of drug-likeness (QED) is 0.392. The first-order valence-electron chi connectivity index (χ1n) is 5.72. The van der Waals surface area contributed by atoms with Gasteiger partial charge < -0.3 is 15.5 Å². The number of aliphatic imine (C=N–C) groups is 1. The molecule has 0 saturated carbocycles. The molecule has 0 aromatic carbocycles. The second-order valence-corrected chi connectivity index (χ2v) is 4.11. The van der Waals surface area contributed by atoms with Crippen molar-refractivity contribution in [3.05, 3.63) is 0 Å². The molecule has 0 fully saturated rings. The second kappa shape index (κ2) is 8.53. The fraction of sp³-hybridized carbons (Fsp3) is 0.909. The first-order chi connectivity index (χ1) is 7.10. The summed E-state index contributed by atoms with van der Waals surface area (Å²) >= 11 is 0. The van der Waals surface area contributed by atoms with Crippen LogP contribution in [0.4, 0.5) is 0 Å². The standard InChI is InChI=1S/C11H26N4/c1-6-10(2)14-11(12-3)13-8-7-9-15(4)5/h10H,6-9H2,1-5H3,(H2,12,13,14). The lowest BCUT2D eigenvalue weighted by atomic mass is 10.3. The van der Waals surface area contributed by atoms with Crippen molar-refractivity contribution in [1.29, 1.82) is 0 Å². The Hall–Kier alpha value is -0.770. The van der Waals surface area contributed by atoms with Crippen LogP contribution in [0.2, 0.25) is 0 Å². The Morgan fingerprint density at radius 1 is 1.40 bits per heavy atom. The van der Waals surface area contributed by atoms with Crippen molar-refractivity contribution < 1.29 is 0 Å². The van der Waals surface area contributed by atoms with Crippen LogP contribution in [-0.2, 0) is 0 Å². The molecule has 0 aromatic heterocycles. The van der Waals surface area contributed by atoms with Gasteiger partial charge in [-0.2, -0.15) is 0 Å². The van der Waals surface area contributed by atoms with Crippen LogP contribution in [0.15, 0.2) is 4.99 Å². The summed E-state index contributed by atoms with van der Waals surface area (Å²) in [6, 6.07) is 0.477. The Morgan fingerprint density at radius 2 is 2.07 bits per heavy atom. The van der Waals surface area contributed by atoms with Crippen molar-refractivity contribution in [1.82, 2.24) is 15.5 Å². The maximum absolute atomic E-state index is 4.17. The molecule has 0 radical (unpaired) electrons. The topological polar surface area (TPSA) is 39.7 Å². The fourth-order valence-corrected chi connectivity index (χ4v) is 1.13. The number of nitrogens with zero attached hydrogens (tertiary/aromatic N) is 2. The highest BCUT2D eigenvalue weighted by atomic mass is 15.2. The van der Waals surface area contributed by atoms with Crippen molar-refractivity contribution in [2.45, 2.75) is 32.7 Å². The maximum atomic E-state index is 4.17. The Labute approximate surface area is 94.1 Å². The van der Waals surface area contributed by atoms with Gasteiger partial charge in [0.25, 0.3) is 0 Å². The van der Waals surface area contributed by atoms with E-state index >= 15 is 0 Å². The van der Waals surface area contributed by atoms with Gasteiger partial charge in [-0.1, -0.05) is 6.92 Å². The molecule has 0 saturated heterocycles. The zero-order valence-corrected chi connectivity index (χ0v) is 10.8. The van der Waals surface area contributed by atoms with Gasteiger partial charge in [0.1, 0.15) is 0 Å². The van der Waals surface area contributed by atoms with Gasteiger partial charge in [-0.3, -0.25) is 4.99 Å². The molecule has 0 bridgehead atoms. The second-order valence-electron chi connectivity index (χ2n) is 4.11. The van der Waals surface area contributed by atoms with Crippen LogP contribution < -0.4 is 10.6 Å². The van der Waals surface area contributed by atoms with E-state index < -0.39 is 0 Å². The molecule has 0 aliphatic carbocycles. The molecular weight excluding hydrogens is 188 g/mol. The SMILES string of the molecule is CCC(C)NC(=NC)NCCCN(C)C. The van der Waals surface area contributed by atoms with Crippen LogP contribution in [0.25, 0.3) is 0 Å². The lowest BCUT2D eigenvalue weighted by Gasteiger charge is -2.17. The molecule has 1 unspecified atom stereocenters.